The van der Waals surface area contributed by atoms with Gasteiger partial charge in [-0.1, -0.05) is 30.3 Å². The number of carbonyl (C=O) groups is 1. The number of carbonyl (C=O) groups excluding carboxylic acids is 1. The average molecular weight is 470 g/mol. The fraction of sp³-hybridized carbons (Fsp3) is 0.360. The lowest BCUT2D eigenvalue weighted by Crippen LogP contribution is -2.48. The highest BCUT2D eigenvalue weighted by molar-refractivity contribution is 5.75. The predicted octanol–water partition coefficient (Wildman–Crippen LogP) is 5.33. The molecule has 1 aromatic heterocycles. The Balaban J connectivity index is 1.30. The van der Waals surface area contributed by atoms with E-state index in [0.717, 1.165) is 33.7 Å². The van der Waals surface area contributed by atoms with Crippen molar-refractivity contribution in [3.8, 4) is 28.1 Å². The van der Waals surface area contributed by atoms with E-state index in [9.17, 15) is 18.0 Å². The average Bonchev–Trinajstić information content (AvgIpc) is 3.30. The van der Waals surface area contributed by atoms with Gasteiger partial charge in [-0.25, -0.2) is 4.79 Å². The summed E-state index contributed by atoms with van der Waals surface area (Å²) in [4.78, 5) is 16.3. The Morgan fingerprint density at radius 1 is 0.941 bits per heavy atom. The molecule has 2 aromatic carbocycles. The van der Waals surface area contributed by atoms with E-state index in [1.165, 1.54) is 4.90 Å². The molecule has 2 amide bonds. The second-order valence-electron chi connectivity index (χ2n) is 8.73. The number of urea groups is 1. The number of fused-ring (bicyclic) bond motifs is 1. The summed E-state index contributed by atoms with van der Waals surface area (Å²) in [7, 11) is 0. The highest BCUT2D eigenvalue weighted by atomic mass is 19.4. The van der Waals surface area contributed by atoms with Gasteiger partial charge in [-0.15, -0.1) is 0 Å². The van der Waals surface area contributed by atoms with E-state index in [-0.39, 0.29) is 32.0 Å². The number of nitrogens with one attached hydrogen (secondary N) is 1. The van der Waals surface area contributed by atoms with Crippen LogP contribution in [0.4, 0.5) is 18.0 Å². The molecule has 0 spiro atoms. The number of rotatable bonds is 2. The van der Waals surface area contributed by atoms with Crippen molar-refractivity contribution < 1.29 is 22.7 Å². The van der Waals surface area contributed by atoms with E-state index in [4.69, 9.17) is 4.74 Å². The normalized spacial score (nSPS) is 17.1. The Morgan fingerprint density at radius 2 is 1.65 bits per heavy atom. The van der Waals surface area contributed by atoms with Crippen molar-refractivity contribution in [1.29, 1.82) is 0 Å². The number of hydrogen-bond acceptors (Lipinski definition) is 3. The molecule has 6 nitrogen and oxygen atoms in total. The zero-order valence-corrected chi connectivity index (χ0v) is 18.5. The first-order valence-corrected chi connectivity index (χ1v) is 11.3. The summed E-state index contributed by atoms with van der Waals surface area (Å²) in [5, 5.41) is 6.93. The number of hydrogen-bond donors (Lipinski definition) is 1. The van der Waals surface area contributed by atoms with Crippen LogP contribution in [-0.4, -0.2) is 58.4 Å². The Kier molecular flexibility index (Phi) is 5.93. The predicted molar refractivity (Wildman–Crippen MR) is 121 cm³/mol. The molecule has 2 aliphatic heterocycles. The number of aromatic nitrogens is 2. The van der Waals surface area contributed by atoms with Gasteiger partial charge in [-0.3, -0.25) is 5.10 Å². The molecule has 0 radical (unpaired) electrons. The van der Waals surface area contributed by atoms with Crippen molar-refractivity contribution >= 4 is 6.03 Å². The summed E-state index contributed by atoms with van der Waals surface area (Å²) < 4.78 is 44.8. The molecule has 1 saturated heterocycles. The third-order valence-electron chi connectivity index (χ3n) is 6.57. The molecule has 1 fully saturated rings. The first kappa shape index (κ1) is 22.3. The van der Waals surface area contributed by atoms with Crippen LogP contribution < -0.4 is 4.74 Å². The maximum atomic E-state index is 13.1. The molecular formula is C25H25F3N4O2. The second-order valence-corrected chi connectivity index (χ2v) is 8.73. The summed E-state index contributed by atoms with van der Waals surface area (Å²) in [5.74, 6) is -0.601. The fourth-order valence-electron chi connectivity index (χ4n) is 4.59. The van der Waals surface area contributed by atoms with Crippen LogP contribution in [-0.2, 0) is 6.54 Å². The smallest absolute Gasteiger partial charge is 0.391 e. The fourth-order valence-corrected chi connectivity index (χ4v) is 4.59. The molecule has 9 heteroatoms. The maximum Gasteiger partial charge on any atom is 0.391 e. The van der Waals surface area contributed by atoms with Crippen LogP contribution in [0.2, 0.25) is 0 Å². The van der Waals surface area contributed by atoms with Crippen LogP contribution in [0, 0.1) is 5.92 Å². The lowest BCUT2D eigenvalue weighted by molar-refractivity contribution is -0.183. The maximum absolute atomic E-state index is 13.1. The molecule has 3 heterocycles. The molecule has 0 unspecified atom stereocenters. The number of halogens is 3. The van der Waals surface area contributed by atoms with Gasteiger partial charge in [0.25, 0.3) is 0 Å². The lowest BCUT2D eigenvalue weighted by Gasteiger charge is -2.35. The lowest BCUT2D eigenvalue weighted by atomic mass is 9.96. The van der Waals surface area contributed by atoms with Crippen LogP contribution in [0.1, 0.15) is 18.4 Å². The Hall–Kier alpha value is -3.49. The number of benzene rings is 2. The Morgan fingerprint density at radius 3 is 2.32 bits per heavy atom. The largest absolute Gasteiger partial charge is 0.491 e. The van der Waals surface area contributed by atoms with Gasteiger partial charge in [0.2, 0.25) is 0 Å². The van der Waals surface area contributed by atoms with Gasteiger partial charge < -0.3 is 14.5 Å². The highest BCUT2D eigenvalue weighted by Gasteiger charge is 2.42. The quantitative estimate of drug-likeness (QED) is 0.551. The van der Waals surface area contributed by atoms with Crippen molar-refractivity contribution in [2.75, 3.05) is 26.2 Å². The highest BCUT2D eigenvalue weighted by Crippen LogP contribution is 2.35. The minimum Gasteiger partial charge on any atom is -0.491 e. The number of piperidine rings is 1. The van der Waals surface area contributed by atoms with Gasteiger partial charge >= 0.3 is 12.2 Å². The van der Waals surface area contributed by atoms with Crippen molar-refractivity contribution in [1.82, 2.24) is 20.0 Å². The molecule has 0 bridgehead atoms. The van der Waals surface area contributed by atoms with Crippen molar-refractivity contribution in [3.63, 3.8) is 0 Å². The monoisotopic (exact) mass is 470 g/mol. The van der Waals surface area contributed by atoms with E-state index >= 15 is 0 Å². The zero-order valence-electron chi connectivity index (χ0n) is 18.5. The SMILES string of the molecule is O=C(N1CCC(C(F)(F)F)CC1)N1CCOc2ccc(-c3ccc(-c4ccn[nH]4)cc3)cc2C1. The van der Waals surface area contributed by atoms with E-state index in [0.29, 0.717) is 19.7 Å². The summed E-state index contributed by atoms with van der Waals surface area (Å²) in [5.41, 5.74) is 4.88. The van der Waals surface area contributed by atoms with Crippen molar-refractivity contribution in [3.05, 3.63) is 60.3 Å². The third-order valence-corrected chi connectivity index (χ3v) is 6.57. The number of H-pyrrole nitrogens is 1. The number of ether oxygens (including phenoxy) is 1. The molecule has 0 saturated carbocycles. The molecular weight excluding hydrogens is 445 g/mol. The number of nitrogens with zero attached hydrogens (tertiary/aromatic N) is 3. The van der Waals surface area contributed by atoms with E-state index < -0.39 is 12.1 Å². The van der Waals surface area contributed by atoms with Crippen LogP contribution in [0.25, 0.3) is 22.4 Å². The first-order valence-electron chi connectivity index (χ1n) is 11.3. The summed E-state index contributed by atoms with van der Waals surface area (Å²) in [6.07, 6.45) is -2.58. The van der Waals surface area contributed by atoms with E-state index in [1.54, 1.807) is 11.1 Å². The number of alkyl halides is 3. The molecule has 34 heavy (non-hydrogen) atoms. The molecule has 0 aliphatic carbocycles. The first-order chi connectivity index (χ1) is 16.4. The summed E-state index contributed by atoms with van der Waals surface area (Å²) in [6.45, 7) is 1.33. The minimum absolute atomic E-state index is 0.0468. The van der Waals surface area contributed by atoms with Crippen LogP contribution in [0.15, 0.2) is 54.7 Å². The Bertz CT molecular complexity index is 1140. The van der Waals surface area contributed by atoms with Crippen LogP contribution in [0.3, 0.4) is 0 Å². The molecule has 0 atom stereocenters. The summed E-state index contributed by atoms with van der Waals surface area (Å²) >= 11 is 0. The third kappa shape index (κ3) is 4.60. The Labute approximate surface area is 195 Å². The van der Waals surface area contributed by atoms with Gasteiger partial charge in [0.15, 0.2) is 0 Å². The number of likely N-dealkylation sites (tertiary alicyclic amines) is 1. The van der Waals surface area contributed by atoms with Crippen molar-refractivity contribution in [2.45, 2.75) is 25.6 Å². The zero-order chi connectivity index (χ0) is 23.7. The van der Waals surface area contributed by atoms with E-state index in [1.807, 2.05) is 48.5 Å². The molecule has 178 valence electrons. The van der Waals surface area contributed by atoms with Gasteiger partial charge in [0.05, 0.1) is 24.7 Å². The molecule has 5 rings (SSSR count). The number of amides is 2. The summed E-state index contributed by atoms with van der Waals surface area (Å²) in [6, 6.07) is 15.7. The molecule has 1 N–H and O–H groups in total. The van der Waals surface area contributed by atoms with Gasteiger partial charge in [0.1, 0.15) is 12.4 Å². The van der Waals surface area contributed by atoms with Gasteiger partial charge in [0, 0.05) is 24.8 Å². The van der Waals surface area contributed by atoms with Crippen LogP contribution >= 0.6 is 0 Å². The van der Waals surface area contributed by atoms with Crippen LogP contribution in [0.5, 0.6) is 5.75 Å². The van der Waals surface area contributed by atoms with Crippen molar-refractivity contribution in [2.24, 2.45) is 5.92 Å². The van der Waals surface area contributed by atoms with Gasteiger partial charge in [-0.05, 0) is 47.7 Å². The molecule has 3 aromatic rings. The minimum atomic E-state index is -4.20. The number of aromatic amines is 1. The topological polar surface area (TPSA) is 61.5 Å². The molecule has 2 aliphatic rings. The second kappa shape index (κ2) is 9.04. The van der Waals surface area contributed by atoms with E-state index in [2.05, 4.69) is 10.2 Å². The standard InChI is InChI=1S/C25H25F3N4O2/c26-25(27,28)21-8-11-31(12-9-21)24(33)32-13-14-34-23-6-5-19(15-20(23)16-32)17-1-3-18(4-2-17)22-7-10-29-30-22/h1-7,10,15,21H,8-9,11-14,16H2,(H,29,30). The van der Waals surface area contributed by atoms with Gasteiger partial charge in [-0.2, -0.15) is 18.3 Å².